The van der Waals surface area contributed by atoms with Crippen molar-refractivity contribution in [3.05, 3.63) is 30.3 Å². The van der Waals surface area contributed by atoms with Crippen LogP contribution in [0.4, 0.5) is 0 Å². The average molecular weight is 287 g/mol. The number of hydrogen-bond donors (Lipinski definition) is 2. The maximum atomic E-state index is 11.8. The van der Waals surface area contributed by atoms with Crippen LogP contribution in [0.1, 0.15) is 20.8 Å². The summed E-state index contributed by atoms with van der Waals surface area (Å²) in [6.07, 6.45) is -0.485. The van der Waals surface area contributed by atoms with Gasteiger partial charge in [-0.05, 0) is 32.5 Å². The molecule has 1 aromatic carbocycles. The number of carbonyl (C=O) groups excluding carboxylic acids is 1. The van der Waals surface area contributed by atoms with Crippen LogP contribution in [0.3, 0.4) is 0 Å². The molecule has 0 radical (unpaired) electrons. The fourth-order valence-corrected chi connectivity index (χ4v) is 1.57. The largest absolute Gasteiger partial charge is 0.481 e. The minimum atomic E-state index is -0.485. The number of rotatable bonds is 7. The molecule has 1 aromatic rings. The van der Waals surface area contributed by atoms with Crippen molar-refractivity contribution in [2.75, 3.05) is 13.1 Å². The van der Waals surface area contributed by atoms with E-state index in [4.69, 9.17) is 4.74 Å². The van der Waals surface area contributed by atoms with Gasteiger partial charge in [0.15, 0.2) is 6.10 Å². The molecule has 0 bridgehead atoms. The fourth-order valence-electron chi connectivity index (χ4n) is 1.57. The van der Waals surface area contributed by atoms with E-state index in [1.165, 1.54) is 0 Å². The van der Waals surface area contributed by atoms with Crippen molar-refractivity contribution in [1.82, 2.24) is 10.6 Å². The first-order chi connectivity index (χ1) is 8.63. The molecule has 2 atom stereocenters. The number of carbonyl (C=O) groups is 1. The van der Waals surface area contributed by atoms with E-state index in [9.17, 15) is 4.79 Å². The van der Waals surface area contributed by atoms with Crippen molar-refractivity contribution in [2.24, 2.45) is 0 Å². The summed E-state index contributed by atoms with van der Waals surface area (Å²) < 4.78 is 5.54. The number of likely N-dealkylation sites (N-methyl/N-ethyl adjacent to an activating group) is 1. The van der Waals surface area contributed by atoms with Gasteiger partial charge in [0.2, 0.25) is 0 Å². The molecule has 4 nitrogen and oxygen atoms in total. The Hall–Kier alpha value is -1.26. The SMILES string of the molecule is CCN[C@H](C)CNC(=O)C(C)Oc1ccccc1.Cl. The smallest absolute Gasteiger partial charge is 0.260 e. The summed E-state index contributed by atoms with van der Waals surface area (Å²) in [5.74, 6) is 0.614. The van der Waals surface area contributed by atoms with E-state index in [2.05, 4.69) is 10.6 Å². The van der Waals surface area contributed by atoms with Crippen LogP contribution in [-0.4, -0.2) is 31.1 Å². The molecule has 0 aromatic heterocycles. The second-order valence-corrected chi connectivity index (χ2v) is 4.28. The van der Waals surface area contributed by atoms with E-state index in [1.54, 1.807) is 6.92 Å². The topological polar surface area (TPSA) is 50.4 Å². The standard InChI is InChI=1S/C14H22N2O2.ClH/c1-4-15-11(2)10-16-14(17)12(3)18-13-8-6-5-7-9-13;/h5-9,11-12,15H,4,10H2,1-3H3,(H,16,17);1H/t11-,12?;/m1./s1. The number of halogens is 1. The number of hydrogen-bond acceptors (Lipinski definition) is 3. The van der Waals surface area contributed by atoms with Crippen molar-refractivity contribution >= 4 is 18.3 Å². The van der Waals surface area contributed by atoms with Gasteiger partial charge < -0.3 is 15.4 Å². The second-order valence-electron chi connectivity index (χ2n) is 4.28. The zero-order valence-electron chi connectivity index (χ0n) is 11.7. The summed E-state index contributed by atoms with van der Waals surface area (Å²) in [6, 6.07) is 9.62. The zero-order chi connectivity index (χ0) is 13.4. The molecule has 0 saturated carbocycles. The minimum Gasteiger partial charge on any atom is -0.481 e. The van der Waals surface area contributed by atoms with Crippen LogP contribution in [0.25, 0.3) is 0 Å². The maximum Gasteiger partial charge on any atom is 0.260 e. The zero-order valence-corrected chi connectivity index (χ0v) is 12.5. The normalized spacial score (nSPS) is 13.0. The predicted octanol–water partition coefficient (Wildman–Crippen LogP) is 1.99. The van der Waals surface area contributed by atoms with Crippen LogP contribution in [0.2, 0.25) is 0 Å². The second kappa shape index (κ2) is 9.64. The quantitative estimate of drug-likeness (QED) is 0.806. The molecule has 1 unspecified atom stereocenters. The summed E-state index contributed by atoms with van der Waals surface area (Å²) in [5, 5.41) is 6.09. The Morgan fingerprint density at radius 3 is 2.47 bits per heavy atom. The Kier molecular flexibility index (Phi) is 9.00. The van der Waals surface area contributed by atoms with Crippen LogP contribution >= 0.6 is 12.4 Å². The molecule has 5 heteroatoms. The van der Waals surface area contributed by atoms with Crippen LogP contribution in [0, 0.1) is 0 Å². The molecule has 0 aliphatic carbocycles. The lowest BCUT2D eigenvalue weighted by atomic mass is 10.3. The van der Waals surface area contributed by atoms with E-state index in [1.807, 2.05) is 44.2 Å². The minimum absolute atomic E-state index is 0. The molecule has 108 valence electrons. The van der Waals surface area contributed by atoms with Gasteiger partial charge in [-0.1, -0.05) is 25.1 Å². The van der Waals surface area contributed by atoms with Gasteiger partial charge in [0.25, 0.3) is 5.91 Å². The highest BCUT2D eigenvalue weighted by Crippen LogP contribution is 2.10. The third-order valence-electron chi connectivity index (χ3n) is 2.56. The molecule has 0 heterocycles. The van der Waals surface area contributed by atoms with Crippen molar-refractivity contribution in [1.29, 1.82) is 0 Å². The van der Waals surface area contributed by atoms with Crippen molar-refractivity contribution < 1.29 is 9.53 Å². The lowest BCUT2D eigenvalue weighted by Gasteiger charge is -2.17. The van der Waals surface area contributed by atoms with E-state index < -0.39 is 6.10 Å². The Morgan fingerprint density at radius 1 is 1.26 bits per heavy atom. The molecule has 19 heavy (non-hydrogen) atoms. The number of nitrogens with one attached hydrogen (secondary N) is 2. The van der Waals surface area contributed by atoms with Crippen LogP contribution in [-0.2, 0) is 4.79 Å². The Bertz CT molecular complexity index is 360. The van der Waals surface area contributed by atoms with Crippen LogP contribution in [0.5, 0.6) is 5.75 Å². The average Bonchev–Trinajstić information content (AvgIpc) is 2.37. The van der Waals surface area contributed by atoms with Gasteiger partial charge in [-0.15, -0.1) is 12.4 Å². The lowest BCUT2D eigenvalue weighted by molar-refractivity contribution is -0.127. The first kappa shape index (κ1) is 17.7. The maximum absolute atomic E-state index is 11.8. The third kappa shape index (κ3) is 7.03. The van der Waals surface area contributed by atoms with Crippen molar-refractivity contribution in [2.45, 2.75) is 32.9 Å². The number of benzene rings is 1. The molecule has 0 aliphatic heterocycles. The molecule has 1 rings (SSSR count). The summed E-state index contributed by atoms with van der Waals surface area (Å²) >= 11 is 0. The summed E-state index contributed by atoms with van der Waals surface area (Å²) in [5.41, 5.74) is 0. The van der Waals surface area contributed by atoms with E-state index in [0.29, 0.717) is 12.3 Å². The van der Waals surface area contributed by atoms with Gasteiger partial charge in [0.1, 0.15) is 5.75 Å². The molecule has 0 aliphatic rings. The Morgan fingerprint density at radius 2 is 1.89 bits per heavy atom. The highest BCUT2D eigenvalue weighted by atomic mass is 35.5. The molecule has 0 saturated heterocycles. The van der Waals surface area contributed by atoms with E-state index in [-0.39, 0.29) is 24.4 Å². The van der Waals surface area contributed by atoms with Gasteiger partial charge in [0.05, 0.1) is 0 Å². The van der Waals surface area contributed by atoms with E-state index in [0.717, 1.165) is 6.54 Å². The Balaban J connectivity index is 0.00000324. The number of ether oxygens (including phenoxy) is 1. The lowest BCUT2D eigenvalue weighted by Crippen LogP contribution is -2.43. The van der Waals surface area contributed by atoms with Gasteiger partial charge in [-0.2, -0.15) is 0 Å². The number of amides is 1. The predicted molar refractivity (Wildman–Crippen MR) is 79.9 cm³/mol. The van der Waals surface area contributed by atoms with Gasteiger partial charge in [0, 0.05) is 12.6 Å². The monoisotopic (exact) mass is 286 g/mol. The van der Waals surface area contributed by atoms with Gasteiger partial charge in [-0.3, -0.25) is 4.79 Å². The molecule has 0 fully saturated rings. The number of para-hydroxylation sites is 1. The molecular formula is C14H23ClN2O2. The first-order valence-corrected chi connectivity index (χ1v) is 6.36. The molecule has 1 amide bonds. The van der Waals surface area contributed by atoms with E-state index >= 15 is 0 Å². The molecule has 0 spiro atoms. The highest BCUT2D eigenvalue weighted by Gasteiger charge is 2.14. The van der Waals surface area contributed by atoms with Crippen LogP contribution < -0.4 is 15.4 Å². The van der Waals surface area contributed by atoms with Gasteiger partial charge in [-0.25, -0.2) is 0 Å². The third-order valence-corrected chi connectivity index (χ3v) is 2.56. The van der Waals surface area contributed by atoms with Crippen LogP contribution in [0.15, 0.2) is 30.3 Å². The van der Waals surface area contributed by atoms with Crippen molar-refractivity contribution in [3.63, 3.8) is 0 Å². The van der Waals surface area contributed by atoms with Crippen molar-refractivity contribution in [3.8, 4) is 5.75 Å². The van der Waals surface area contributed by atoms with Gasteiger partial charge >= 0.3 is 0 Å². The fraction of sp³-hybridized carbons (Fsp3) is 0.500. The first-order valence-electron chi connectivity index (χ1n) is 6.36. The summed E-state index contributed by atoms with van der Waals surface area (Å²) in [4.78, 5) is 11.8. The summed E-state index contributed by atoms with van der Waals surface area (Å²) in [7, 11) is 0. The molecular weight excluding hydrogens is 264 g/mol. The highest BCUT2D eigenvalue weighted by molar-refractivity contribution is 5.85. The summed E-state index contributed by atoms with van der Waals surface area (Å²) in [6.45, 7) is 7.33. The molecule has 2 N–H and O–H groups in total. The Labute approximate surface area is 121 Å².